The number of hydrogen-bond donors (Lipinski definition) is 2. The second-order valence-electron chi connectivity index (χ2n) is 4.10. The van der Waals surface area contributed by atoms with Crippen LogP contribution in [0.25, 0.3) is 0 Å². The summed E-state index contributed by atoms with van der Waals surface area (Å²) in [4.78, 5) is 26.0. The molecule has 1 aromatic carbocycles. The first-order valence-electron chi connectivity index (χ1n) is 5.75. The number of aromatic nitrogens is 1. The van der Waals surface area contributed by atoms with Crippen LogP contribution in [0, 0.1) is 6.92 Å². The summed E-state index contributed by atoms with van der Waals surface area (Å²) in [7, 11) is 0. The highest BCUT2D eigenvalue weighted by Crippen LogP contribution is 2.29. The van der Waals surface area contributed by atoms with Crippen molar-refractivity contribution >= 4 is 11.9 Å². The van der Waals surface area contributed by atoms with Crippen molar-refractivity contribution in [2.45, 2.75) is 6.92 Å². The number of nitrogens with two attached hydrogens (primary N) is 1. The van der Waals surface area contributed by atoms with E-state index in [1.54, 1.807) is 19.1 Å². The average Bonchev–Trinajstić information content (AvgIpc) is 2.41. The molecule has 1 amide bonds. The molecular formula is C14H12N2O4. The SMILES string of the molecule is Cc1cccc(C(=O)O)c1Oc1ccnc(C(N)=O)c1. The predicted molar refractivity (Wildman–Crippen MR) is 71.0 cm³/mol. The molecule has 0 unspecified atom stereocenters. The van der Waals surface area contributed by atoms with Crippen molar-refractivity contribution in [2.75, 3.05) is 0 Å². The van der Waals surface area contributed by atoms with Crippen LogP contribution in [0.15, 0.2) is 36.5 Å². The maximum absolute atomic E-state index is 11.2. The summed E-state index contributed by atoms with van der Waals surface area (Å²) in [5.74, 6) is -1.25. The quantitative estimate of drug-likeness (QED) is 0.885. The van der Waals surface area contributed by atoms with Gasteiger partial charge in [-0.15, -0.1) is 0 Å². The number of pyridine rings is 1. The molecule has 0 fully saturated rings. The number of amides is 1. The number of aromatic carboxylic acids is 1. The Morgan fingerprint density at radius 1 is 1.30 bits per heavy atom. The summed E-state index contributed by atoms with van der Waals surface area (Å²) in [6.45, 7) is 1.73. The minimum atomic E-state index is -1.09. The predicted octanol–water partition coefficient (Wildman–Crippen LogP) is 1.98. The topological polar surface area (TPSA) is 103 Å². The molecule has 1 aromatic heterocycles. The summed E-state index contributed by atoms with van der Waals surface area (Å²) in [5, 5.41) is 9.14. The van der Waals surface area contributed by atoms with Crippen LogP contribution in [-0.4, -0.2) is 22.0 Å². The molecule has 0 radical (unpaired) electrons. The Bertz CT molecular complexity index is 683. The molecular weight excluding hydrogens is 260 g/mol. The van der Waals surface area contributed by atoms with Crippen molar-refractivity contribution in [3.8, 4) is 11.5 Å². The zero-order valence-electron chi connectivity index (χ0n) is 10.7. The van der Waals surface area contributed by atoms with Crippen molar-refractivity contribution < 1.29 is 19.4 Å². The lowest BCUT2D eigenvalue weighted by Gasteiger charge is -2.11. The number of aryl methyl sites for hydroxylation is 1. The van der Waals surface area contributed by atoms with Crippen LogP contribution < -0.4 is 10.5 Å². The van der Waals surface area contributed by atoms with E-state index in [1.165, 1.54) is 24.4 Å². The third kappa shape index (κ3) is 2.74. The number of rotatable bonds is 4. The van der Waals surface area contributed by atoms with E-state index in [-0.39, 0.29) is 17.0 Å². The molecule has 6 nitrogen and oxygen atoms in total. The standard InChI is InChI=1S/C14H12N2O4/c1-8-3-2-4-10(14(18)19)12(8)20-9-5-6-16-11(7-9)13(15)17/h2-7H,1H3,(H2,15,17)(H,18,19). The molecule has 0 spiro atoms. The Morgan fingerprint density at radius 2 is 2.05 bits per heavy atom. The molecule has 0 atom stereocenters. The molecule has 1 heterocycles. The van der Waals surface area contributed by atoms with E-state index in [1.807, 2.05) is 0 Å². The molecule has 0 bridgehead atoms. The van der Waals surface area contributed by atoms with Gasteiger partial charge in [-0.3, -0.25) is 9.78 Å². The highest BCUT2D eigenvalue weighted by atomic mass is 16.5. The van der Waals surface area contributed by atoms with E-state index in [9.17, 15) is 9.59 Å². The Hall–Kier alpha value is -2.89. The Morgan fingerprint density at radius 3 is 2.70 bits per heavy atom. The number of ether oxygens (including phenoxy) is 1. The monoisotopic (exact) mass is 272 g/mol. The van der Waals surface area contributed by atoms with E-state index < -0.39 is 11.9 Å². The molecule has 0 saturated heterocycles. The molecule has 102 valence electrons. The first-order valence-corrected chi connectivity index (χ1v) is 5.75. The fourth-order valence-corrected chi connectivity index (χ4v) is 1.68. The van der Waals surface area contributed by atoms with Crippen molar-refractivity contribution in [2.24, 2.45) is 5.73 Å². The number of hydrogen-bond acceptors (Lipinski definition) is 4. The second-order valence-corrected chi connectivity index (χ2v) is 4.10. The van der Waals surface area contributed by atoms with E-state index in [0.29, 0.717) is 11.3 Å². The maximum atomic E-state index is 11.2. The number of carboxylic acids is 1. The third-order valence-electron chi connectivity index (χ3n) is 2.65. The highest BCUT2D eigenvalue weighted by molar-refractivity contribution is 5.92. The molecule has 2 aromatic rings. The average molecular weight is 272 g/mol. The minimum Gasteiger partial charge on any atom is -0.478 e. The van der Waals surface area contributed by atoms with Gasteiger partial charge in [0.15, 0.2) is 0 Å². The van der Waals surface area contributed by atoms with Gasteiger partial charge < -0.3 is 15.6 Å². The van der Waals surface area contributed by atoms with Crippen LogP contribution in [0.2, 0.25) is 0 Å². The number of primary amides is 1. The van der Waals surface area contributed by atoms with Crippen LogP contribution in [-0.2, 0) is 0 Å². The maximum Gasteiger partial charge on any atom is 0.339 e. The van der Waals surface area contributed by atoms with Gasteiger partial charge in [-0.1, -0.05) is 12.1 Å². The fraction of sp³-hybridized carbons (Fsp3) is 0.0714. The van der Waals surface area contributed by atoms with Gasteiger partial charge in [-0.25, -0.2) is 4.79 Å². The normalized spacial score (nSPS) is 10.1. The van der Waals surface area contributed by atoms with Gasteiger partial charge in [0.05, 0.1) is 0 Å². The number of para-hydroxylation sites is 1. The lowest BCUT2D eigenvalue weighted by atomic mass is 10.1. The van der Waals surface area contributed by atoms with Crippen LogP contribution >= 0.6 is 0 Å². The molecule has 0 aliphatic carbocycles. The van der Waals surface area contributed by atoms with Crippen LogP contribution in [0.1, 0.15) is 26.4 Å². The van der Waals surface area contributed by atoms with E-state index >= 15 is 0 Å². The summed E-state index contributed by atoms with van der Waals surface area (Å²) in [5.41, 5.74) is 5.89. The van der Waals surface area contributed by atoms with Crippen molar-refractivity contribution in [3.05, 3.63) is 53.3 Å². The number of carbonyl (C=O) groups excluding carboxylic acids is 1. The first-order chi connectivity index (χ1) is 9.49. The molecule has 0 saturated carbocycles. The van der Waals surface area contributed by atoms with Gasteiger partial charge >= 0.3 is 5.97 Å². The Labute approximate surface area is 114 Å². The van der Waals surface area contributed by atoms with Crippen molar-refractivity contribution in [1.29, 1.82) is 0 Å². The first kappa shape index (κ1) is 13.5. The number of nitrogens with zero attached hydrogens (tertiary/aromatic N) is 1. The van der Waals surface area contributed by atoms with Gasteiger partial charge in [0.25, 0.3) is 5.91 Å². The molecule has 6 heteroatoms. The zero-order chi connectivity index (χ0) is 14.7. The number of benzene rings is 1. The van der Waals surface area contributed by atoms with Crippen molar-refractivity contribution in [3.63, 3.8) is 0 Å². The Kier molecular flexibility index (Phi) is 3.65. The van der Waals surface area contributed by atoms with Crippen molar-refractivity contribution in [1.82, 2.24) is 4.98 Å². The Balaban J connectivity index is 2.42. The summed E-state index contributed by atoms with van der Waals surface area (Å²) in [6, 6.07) is 7.69. The van der Waals surface area contributed by atoms with Crippen LogP contribution in [0.5, 0.6) is 11.5 Å². The fourth-order valence-electron chi connectivity index (χ4n) is 1.68. The summed E-state index contributed by atoms with van der Waals surface area (Å²) in [6.07, 6.45) is 1.37. The minimum absolute atomic E-state index is 0.0439. The van der Waals surface area contributed by atoms with Gasteiger partial charge in [0, 0.05) is 12.3 Å². The number of carbonyl (C=O) groups is 2. The summed E-state index contributed by atoms with van der Waals surface area (Å²) >= 11 is 0. The van der Waals surface area contributed by atoms with Crippen LogP contribution in [0.3, 0.4) is 0 Å². The smallest absolute Gasteiger partial charge is 0.339 e. The van der Waals surface area contributed by atoms with E-state index in [4.69, 9.17) is 15.6 Å². The summed E-state index contributed by atoms with van der Waals surface area (Å²) < 4.78 is 5.56. The molecule has 2 rings (SSSR count). The van der Waals surface area contributed by atoms with Gasteiger partial charge in [-0.2, -0.15) is 0 Å². The molecule has 3 N–H and O–H groups in total. The molecule has 0 aliphatic heterocycles. The van der Waals surface area contributed by atoms with Gasteiger partial charge in [0.1, 0.15) is 22.8 Å². The molecule has 0 aliphatic rings. The lowest BCUT2D eigenvalue weighted by molar-refractivity contribution is 0.0693. The molecule has 20 heavy (non-hydrogen) atoms. The van der Waals surface area contributed by atoms with E-state index in [0.717, 1.165) is 0 Å². The largest absolute Gasteiger partial charge is 0.478 e. The lowest BCUT2D eigenvalue weighted by Crippen LogP contribution is -2.12. The van der Waals surface area contributed by atoms with Gasteiger partial charge in [-0.05, 0) is 24.6 Å². The second kappa shape index (κ2) is 5.40. The number of carboxylic acid groups (broad SMARTS) is 1. The van der Waals surface area contributed by atoms with Gasteiger partial charge in [0.2, 0.25) is 0 Å². The highest BCUT2D eigenvalue weighted by Gasteiger charge is 2.14. The zero-order valence-corrected chi connectivity index (χ0v) is 10.7. The van der Waals surface area contributed by atoms with E-state index in [2.05, 4.69) is 4.98 Å². The van der Waals surface area contributed by atoms with Crippen LogP contribution in [0.4, 0.5) is 0 Å². The third-order valence-corrected chi connectivity index (χ3v) is 2.65.